The summed E-state index contributed by atoms with van der Waals surface area (Å²) < 4.78 is 33.9. The van der Waals surface area contributed by atoms with Gasteiger partial charge in [-0.25, -0.2) is 0 Å². The van der Waals surface area contributed by atoms with Gasteiger partial charge in [-0.1, -0.05) is 6.08 Å². The van der Waals surface area contributed by atoms with Crippen molar-refractivity contribution >= 4 is 5.91 Å². The summed E-state index contributed by atoms with van der Waals surface area (Å²) in [7, 11) is 0. The summed E-state index contributed by atoms with van der Waals surface area (Å²) in [5.41, 5.74) is 4.53. The molecule has 0 aliphatic carbocycles. The second-order valence-corrected chi connectivity index (χ2v) is 1.62. The number of hydrogen-bond acceptors (Lipinski definition) is 1. The van der Waals surface area contributed by atoms with Crippen LogP contribution in [0.5, 0.6) is 0 Å². The number of allylic oxidation sites excluding steroid dienone is 1. The minimum absolute atomic E-state index is 0.683. The number of halogens is 3. The molecule has 5 heteroatoms. The van der Waals surface area contributed by atoms with Crippen molar-refractivity contribution in [2.45, 2.75) is 12.6 Å². The Morgan fingerprint density at radius 1 is 1.50 bits per heavy atom. The molecule has 10 heavy (non-hydrogen) atoms. The summed E-state index contributed by atoms with van der Waals surface area (Å²) in [5.74, 6) is -0.871. The minimum Gasteiger partial charge on any atom is -0.366 e. The molecule has 0 atom stereocenters. The third-order valence-electron chi connectivity index (χ3n) is 0.631. The number of alkyl halides is 3. The lowest BCUT2D eigenvalue weighted by molar-refractivity contribution is -0.125. The minimum atomic E-state index is -4.26. The predicted molar refractivity (Wildman–Crippen MR) is 29.0 cm³/mol. The molecule has 0 aliphatic rings. The highest BCUT2D eigenvalue weighted by Crippen LogP contribution is 2.19. The second kappa shape index (κ2) is 3.24. The van der Waals surface area contributed by atoms with Crippen LogP contribution in [0.4, 0.5) is 13.2 Å². The van der Waals surface area contributed by atoms with Gasteiger partial charge in [-0.15, -0.1) is 0 Å². The summed E-state index contributed by atoms with van der Waals surface area (Å²) in [6, 6.07) is 0. The topological polar surface area (TPSA) is 43.1 Å². The maximum atomic E-state index is 11.3. The van der Waals surface area contributed by atoms with E-state index in [1.54, 1.807) is 0 Å². The lowest BCUT2D eigenvalue weighted by Gasteiger charge is -1.98. The van der Waals surface area contributed by atoms with E-state index < -0.39 is 18.5 Å². The van der Waals surface area contributed by atoms with Crippen molar-refractivity contribution in [3.8, 4) is 0 Å². The Bertz CT molecular complexity index is 149. The van der Waals surface area contributed by atoms with Crippen LogP contribution in [0.15, 0.2) is 12.2 Å². The number of carbonyl (C=O) groups excluding carboxylic acids is 1. The standard InChI is InChI=1S/C5H6F3NO/c6-5(7,8)3-1-2-4(9)10/h1-2H,3H2,(H2,9,10). The number of nitrogens with two attached hydrogens (primary N) is 1. The summed E-state index contributed by atoms with van der Waals surface area (Å²) in [6.07, 6.45) is -4.00. The van der Waals surface area contributed by atoms with Crippen LogP contribution < -0.4 is 5.73 Å². The van der Waals surface area contributed by atoms with Gasteiger partial charge in [-0.2, -0.15) is 13.2 Å². The van der Waals surface area contributed by atoms with Crippen LogP contribution in [0.2, 0.25) is 0 Å². The van der Waals surface area contributed by atoms with Crippen LogP contribution in [0, 0.1) is 0 Å². The first-order chi connectivity index (χ1) is 4.42. The van der Waals surface area contributed by atoms with Crippen molar-refractivity contribution in [3.63, 3.8) is 0 Å². The van der Waals surface area contributed by atoms with E-state index in [1.165, 1.54) is 0 Å². The molecule has 2 nitrogen and oxygen atoms in total. The Hall–Kier alpha value is -1.00. The molecule has 0 saturated heterocycles. The highest BCUT2D eigenvalue weighted by atomic mass is 19.4. The SMILES string of the molecule is NC(=O)C=CCC(F)(F)F. The largest absolute Gasteiger partial charge is 0.392 e. The Kier molecular flexibility index (Phi) is 2.92. The molecule has 0 saturated carbocycles. The van der Waals surface area contributed by atoms with E-state index in [9.17, 15) is 18.0 Å². The Labute approximate surface area is 55.5 Å². The van der Waals surface area contributed by atoms with Crippen LogP contribution in [-0.2, 0) is 4.79 Å². The van der Waals surface area contributed by atoms with Gasteiger partial charge in [0.05, 0.1) is 6.42 Å². The van der Waals surface area contributed by atoms with Gasteiger partial charge in [0.15, 0.2) is 0 Å². The Morgan fingerprint density at radius 3 is 2.30 bits per heavy atom. The van der Waals surface area contributed by atoms with Gasteiger partial charge in [0, 0.05) is 0 Å². The van der Waals surface area contributed by atoms with Crippen LogP contribution in [-0.4, -0.2) is 12.1 Å². The lowest BCUT2D eigenvalue weighted by atomic mass is 10.3. The molecule has 0 aromatic carbocycles. The molecule has 0 spiro atoms. The van der Waals surface area contributed by atoms with Crippen molar-refractivity contribution in [2.24, 2.45) is 5.73 Å². The van der Waals surface area contributed by atoms with Gasteiger partial charge in [0.25, 0.3) is 0 Å². The zero-order valence-electron chi connectivity index (χ0n) is 4.98. The van der Waals surface area contributed by atoms with Crippen molar-refractivity contribution in [1.82, 2.24) is 0 Å². The molecule has 2 N–H and O–H groups in total. The summed E-state index contributed by atoms with van der Waals surface area (Å²) in [4.78, 5) is 9.85. The molecule has 0 rings (SSSR count). The van der Waals surface area contributed by atoms with Crippen molar-refractivity contribution in [3.05, 3.63) is 12.2 Å². The fourth-order valence-corrected chi connectivity index (χ4v) is 0.309. The van der Waals surface area contributed by atoms with Gasteiger partial charge in [-0.3, -0.25) is 4.79 Å². The molecule has 0 aliphatic heterocycles. The molecule has 0 radical (unpaired) electrons. The quantitative estimate of drug-likeness (QED) is 0.590. The van der Waals surface area contributed by atoms with E-state index in [0.29, 0.717) is 12.2 Å². The maximum Gasteiger partial charge on any atom is 0.392 e. The van der Waals surface area contributed by atoms with E-state index in [4.69, 9.17) is 0 Å². The summed E-state index contributed by atoms with van der Waals surface area (Å²) >= 11 is 0. The van der Waals surface area contributed by atoms with Crippen LogP contribution in [0.1, 0.15) is 6.42 Å². The highest BCUT2D eigenvalue weighted by Gasteiger charge is 2.24. The molecule has 0 heterocycles. The molecule has 58 valence electrons. The number of rotatable bonds is 2. The summed E-state index contributed by atoms with van der Waals surface area (Å²) in [5, 5.41) is 0. The van der Waals surface area contributed by atoms with Crippen molar-refractivity contribution < 1.29 is 18.0 Å². The molecular formula is C5H6F3NO. The first-order valence-electron chi connectivity index (χ1n) is 2.44. The zero-order valence-corrected chi connectivity index (χ0v) is 4.98. The van der Waals surface area contributed by atoms with Crippen LogP contribution in [0.25, 0.3) is 0 Å². The fraction of sp³-hybridized carbons (Fsp3) is 0.400. The summed E-state index contributed by atoms with van der Waals surface area (Å²) in [6.45, 7) is 0. The van der Waals surface area contributed by atoms with E-state index in [-0.39, 0.29) is 0 Å². The lowest BCUT2D eigenvalue weighted by Crippen LogP contribution is -2.08. The van der Waals surface area contributed by atoms with Crippen LogP contribution >= 0.6 is 0 Å². The van der Waals surface area contributed by atoms with E-state index >= 15 is 0 Å². The molecule has 0 fully saturated rings. The molecule has 0 bridgehead atoms. The second-order valence-electron chi connectivity index (χ2n) is 1.62. The van der Waals surface area contributed by atoms with Gasteiger partial charge in [0.1, 0.15) is 0 Å². The fourth-order valence-electron chi connectivity index (χ4n) is 0.309. The average molecular weight is 153 g/mol. The number of carbonyl (C=O) groups is 1. The molecule has 1 amide bonds. The number of hydrogen-bond donors (Lipinski definition) is 1. The first kappa shape index (κ1) is 9.00. The van der Waals surface area contributed by atoms with Crippen LogP contribution in [0.3, 0.4) is 0 Å². The van der Waals surface area contributed by atoms with Gasteiger partial charge < -0.3 is 5.73 Å². The van der Waals surface area contributed by atoms with Crippen molar-refractivity contribution in [2.75, 3.05) is 0 Å². The van der Waals surface area contributed by atoms with E-state index in [0.717, 1.165) is 0 Å². The first-order valence-corrected chi connectivity index (χ1v) is 2.44. The normalized spacial score (nSPS) is 12.3. The Morgan fingerprint density at radius 2 is 2.00 bits per heavy atom. The van der Waals surface area contributed by atoms with Gasteiger partial charge in [-0.05, 0) is 6.08 Å². The predicted octanol–water partition coefficient (Wildman–Crippen LogP) is 0.980. The van der Waals surface area contributed by atoms with E-state index in [1.807, 2.05) is 0 Å². The number of primary amides is 1. The monoisotopic (exact) mass is 153 g/mol. The average Bonchev–Trinajstić information content (AvgIpc) is 1.59. The van der Waals surface area contributed by atoms with Crippen molar-refractivity contribution in [1.29, 1.82) is 0 Å². The number of amides is 1. The molecular weight excluding hydrogens is 147 g/mol. The molecule has 0 unspecified atom stereocenters. The Balaban J connectivity index is 3.64. The smallest absolute Gasteiger partial charge is 0.366 e. The highest BCUT2D eigenvalue weighted by molar-refractivity contribution is 5.85. The third kappa shape index (κ3) is 7.00. The maximum absolute atomic E-state index is 11.3. The van der Waals surface area contributed by atoms with E-state index in [2.05, 4.69) is 5.73 Å². The van der Waals surface area contributed by atoms with Gasteiger partial charge >= 0.3 is 6.18 Å². The zero-order chi connectivity index (χ0) is 8.20. The molecule has 0 aromatic rings. The van der Waals surface area contributed by atoms with Gasteiger partial charge in [0.2, 0.25) is 5.91 Å². The third-order valence-corrected chi connectivity index (χ3v) is 0.631. The molecule has 0 aromatic heterocycles.